The minimum atomic E-state index is -0.0884. The molecule has 0 saturated carbocycles. The van der Waals surface area contributed by atoms with E-state index in [0.717, 1.165) is 44.1 Å². The molecule has 0 fully saturated rings. The van der Waals surface area contributed by atoms with Crippen LogP contribution in [0.15, 0.2) is 48.1 Å². The molecule has 0 saturated heterocycles. The fraction of sp³-hybridized carbons (Fsp3) is 0.600. The van der Waals surface area contributed by atoms with Crippen molar-refractivity contribution in [2.45, 2.75) is 98.0 Å². The molecule has 28 heavy (non-hydrogen) atoms. The second-order valence-corrected chi connectivity index (χ2v) is 7.45. The van der Waals surface area contributed by atoms with Crippen molar-refractivity contribution in [3.63, 3.8) is 0 Å². The minimum absolute atomic E-state index is 0.0132. The molecule has 0 aromatic carbocycles. The Morgan fingerprint density at radius 2 is 1.93 bits per heavy atom. The molecule has 1 rings (SSSR count). The van der Waals surface area contributed by atoms with E-state index in [0.29, 0.717) is 6.42 Å². The zero-order valence-corrected chi connectivity index (χ0v) is 18.5. The third-order valence-corrected chi connectivity index (χ3v) is 4.26. The molecule has 0 amide bonds. The van der Waals surface area contributed by atoms with Gasteiger partial charge >= 0.3 is 5.97 Å². The highest BCUT2D eigenvalue weighted by atomic mass is 16.5. The topological polar surface area (TPSA) is 43.4 Å². The van der Waals surface area contributed by atoms with Gasteiger partial charge in [-0.3, -0.25) is 9.59 Å². The van der Waals surface area contributed by atoms with Crippen molar-refractivity contribution in [2.24, 2.45) is 0 Å². The van der Waals surface area contributed by atoms with Gasteiger partial charge in [0, 0.05) is 6.42 Å². The van der Waals surface area contributed by atoms with Crippen LogP contribution in [0.25, 0.3) is 0 Å². The summed E-state index contributed by atoms with van der Waals surface area (Å²) >= 11 is 0. The predicted octanol–water partition coefficient (Wildman–Crippen LogP) is 7.04. The van der Waals surface area contributed by atoms with Gasteiger partial charge in [0.2, 0.25) is 0 Å². The molecule has 0 aliphatic heterocycles. The average Bonchev–Trinajstić information content (AvgIpc) is 3.04. The molecule has 3 heteroatoms. The van der Waals surface area contributed by atoms with Crippen molar-refractivity contribution >= 4 is 11.8 Å². The Balaban J connectivity index is 0.000000546. The van der Waals surface area contributed by atoms with Crippen LogP contribution in [-0.4, -0.2) is 17.9 Å². The lowest BCUT2D eigenvalue weighted by Crippen LogP contribution is -2.10. The summed E-state index contributed by atoms with van der Waals surface area (Å²) in [4.78, 5) is 22.2. The summed E-state index contributed by atoms with van der Waals surface area (Å²) in [6.45, 7) is 11.9. The maximum atomic E-state index is 11.3. The van der Waals surface area contributed by atoms with Crippen LogP contribution in [0.5, 0.6) is 0 Å². The zero-order chi connectivity index (χ0) is 21.2. The molecule has 0 N–H and O–H groups in total. The van der Waals surface area contributed by atoms with E-state index in [4.69, 9.17) is 4.74 Å². The molecule has 0 aromatic heterocycles. The SMILES string of the molecule is C/C=C\CCCC(=O)OC(C)C.C=C(CCC)CCCC/C=C1\CC=CC1=O. The smallest absolute Gasteiger partial charge is 0.306 e. The van der Waals surface area contributed by atoms with Crippen molar-refractivity contribution in [1.82, 2.24) is 0 Å². The van der Waals surface area contributed by atoms with E-state index in [1.807, 2.05) is 32.9 Å². The van der Waals surface area contributed by atoms with Crippen LogP contribution in [0, 0.1) is 0 Å². The molecule has 0 unspecified atom stereocenters. The van der Waals surface area contributed by atoms with Gasteiger partial charge in [-0.05, 0) is 83.8 Å². The molecule has 3 nitrogen and oxygen atoms in total. The summed E-state index contributed by atoms with van der Waals surface area (Å²) in [7, 11) is 0. The van der Waals surface area contributed by atoms with E-state index in [1.54, 1.807) is 6.08 Å². The first-order valence-electron chi connectivity index (χ1n) is 10.8. The first-order chi connectivity index (χ1) is 13.4. The lowest BCUT2D eigenvalue weighted by atomic mass is 10.0. The molecular weight excluding hydrogens is 348 g/mol. The van der Waals surface area contributed by atoms with Crippen LogP contribution < -0.4 is 0 Å². The number of unbranched alkanes of at least 4 members (excludes halogenated alkanes) is 3. The van der Waals surface area contributed by atoms with Crippen LogP contribution >= 0.6 is 0 Å². The van der Waals surface area contributed by atoms with Gasteiger partial charge in [-0.25, -0.2) is 0 Å². The quantitative estimate of drug-likeness (QED) is 0.156. The number of ketones is 1. The first kappa shape index (κ1) is 26.1. The Morgan fingerprint density at radius 3 is 2.50 bits per heavy atom. The molecule has 1 aliphatic rings. The molecule has 1 aliphatic carbocycles. The van der Waals surface area contributed by atoms with E-state index in [9.17, 15) is 9.59 Å². The molecule has 0 bridgehead atoms. The lowest BCUT2D eigenvalue weighted by Gasteiger charge is -2.06. The number of carbonyl (C=O) groups excluding carboxylic acids is 2. The Labute approximate surface area is 172 Å². The molecule has 0 heterocycles. The van der Waals surface area contributed by atoms with Crippen LogP contribution in [-0.2, 0) is 14.3 Å². The number of rotatable bonds is 12. The fourth-order valence-electron chi connectivity index (χ4n) is 2.81. The average molecular weight is 389 g/mol. The molecule has 0 atom stereocenters. The normalized spacial score (nSPS) is 14.6. The third kappa shape index (κ3) is 15.2. The van der Waals surface area contributed by atoms with Gasteiger partial charge in [-0.15, -0.1) is 0 Å². The second kappa shape index (κ2) is 17.2. The van der Waals surface area contributed by atoms with Gasteiger partial charge in [0.15, 0.2) is 5.78 Å². The maximum Gasteiger partial charge on any atom is 0.306 e. The van der Waals surface area contributed by atoms with Crippen LogP contribution in [0.2, 0.25) is 0 Å². The largest absolute Gasteiger partial charge is 0.463 e. The Morgan fingerprint density at radius 1 is 1.18 bits per heavy atom. The van der Waals surface area contributed by atoms with E-state index in [2.05, 4.69) is 25.7 Å². The molecule has 0 spiro atoms. The van der Waals surface area contributed by atoms with Crippen molar-refractivity contribution in [3.8, 4) is 0 Å². The summed E-state index contributed by atoms with van der Waals surface area (Å²) in [5, 5.41) is 0. The third-order valence-electron chi connectivity index (χ3n) is 4.26. The summed E-state index contributed by atoms with van der Waals surface area (Å²) in [5.74, 6) is 0.116. The number of hydrogen-bond acceptors (Lipinski definition) is 3. The van der Waals surface area contributed by atoms with Gasteiger partial charge < -0.3 is 4.74 Å². The highest BCUT2D eigenvalue weighted by molar-refractivity contribution is 6.06. The number of ether oxygens (including phenoxy) is 1. The van der Waals surface area contributed by atoms with Crippen molar-refractivity contribution < 1.29 is 14.3 Å². The maximum absolute atomic E-state index is 11.3. The Hall–Kier alpha value is -1.90. The lowest BCUT2D eigenvalue weighted by molar-refractivity contribution is -0.147. The number of allylic oxidation sites excluding steroid dienone is 7. The number of esters is 1. The van der Waals surface area contributed by atoms with Gasteiger partial charge in [-0.2, -0.15) is 0 Å². The van der Waals surface area contributed by atoms with Crippen molar-refractivity contribution in [1.29, 1.82) is 0 Å². The minimum Gasteiger partial charge on any atom is -0.463 e. The van der Waals surface area contributed by atoms with Crippen LogP contribution in [0.1, 0.15) is 91.9 Å². The fourth-order valence-corrected chi connectivity index (χ4v) is 2.81. The van der Waals surface area contributed by atoms with Gasteiger partial charge in [-0.1, -0.05) is 49.8 Å². The Kier molecular flexibility index (Phi) is 16.0. The van der Waals surface area contributed by atoms with Gasteiger partial charge in [0.1, 0.15) is 0 Å². The molecular formula is C25H40O3. The summed E-state index contributed by atoms with van der Waals surface area (Å²) in [6, 6.07) is 0. The van der Waals surface area contributed by atoms with E-state index in [-0.39, 0.29) is 17.9 Å². The van der Waals surface area contributed by atoms with Gasteiger partial charge in [0.25, 0.3) is 0 Å². The number of carbonyl (C=O) groups is 2. The molecule has 158 valence electrons. The zero-order valence-electron chi connectivity index (χ0n) is 18.5. The summed E-state index contributed by atoms with van der Waals surface area (Å²) in [5.41, 5.74) is 2.35. The van der Waals surface area contributed by atoms with Crippen LogP contribution in [0.3, 0.4) is 0 Å². The van der Waals surface area contributed by atoms with Crippen molar-refractivity contribution in [2.75, 3.05) is 0 Å². The summed E-state index contributed by atoms with van der Waals surface area (Å²) < 4.78 is 4.97. The first-order valence-corrected chi connectivity index (χ1v) is 10.8. The van der Waals surface area contributed by atoms with E-state index < -0.39 is 0 Å². The molecule has 0 radical (unpaired) electrons. The van der Waals surface area contributed by atoms with Crippen molar-refractivity contribution in [3.05, 3.63) is 48.1 Å². The van der Waals surface area contributed by atoms with Crippen LogP contribution in [0.4, 0.5) is 0 Å². The standard InChI is InChI=1S/C15H22O.C10H18O2/c1-3-8-13(2)9-5-4-6-10-14-11-7-12-15(14)16;1-4-5-6-7-8-10(11)12-9(2)3/h7,10,12H,2-6,8-9,11H2,1H3;4-5,9H,6-8H2,1-3H3/b14-10+;5-4-. The predicted molar refractivity (Wildman–Crippen MR) is 119 cm³/mol. The summed E-state index contributed by atoms with van der Waals surface area (Å²) in [6.07, 6.45) is 19.9. The van der Waals surface area contributed by atoms with E-state index in [1.165, 1.54) is 24.8 Å². The Bertz CT molecular complexity index is 550. The monoisotopic (exact) mass is 388 g/mol. The molecule has 0 aromatic rings. The van der Waals surface area contributed by atoms with E-state index >= 15 is 0 Å². The second-order valence-electron chi connectivity index (χ2n) is 7.45. The highest BCUT2D eigenvalue weighted by Gasteiger charge is 2.09. The highest BCUT2D eigenvalue weighted by Crippen LogP contribution is 2.16. The number of hydrogen-bond donors (Lipinski definition) is 0. The van der Waals surface area contributed by atoms with Gasteiger partial charge in [0.05, 0.1) is 6.10 Å².